The van der Waals surface area contributed by atoms with Crippen molar-refractivity contribution >= 4 is 21.4 Å². The molecule has 1 saturated heterocycles. The molecule has 0 spiro atoms. The van der Waals surface area contributed by atoms with E-state index in [4.69, 9.17) is 5.84 Å². The first-order valence-corrected chi connectivity index (χ1v) is 7.99. The number of amides is 1. The Kier molecular flexibility index (Phi) is 4.24. The highest BCUT2D eigenvalue weighted by Crippen LogP contribution is 2.20. The molecule has 0 radical (unpaired) electrons. The second kappa shape index (κ2) is 5.76. The number of carbonyl (C=O) groups is 1. The molecule has 20 heavy (non-hydrogen) atoms. The van der Waals surface area contributed by atoms with Crippen molar-refractivity contribution in [1.82, 2.24) is 5.32 Å². The minimum Gasteiger partial charge on any atom is -0.352 e. The van der Waals surface area contributed by atoms with Gasteiger partial charge in [0.15, 0.2) is 9.84 Å². The molecule has 110 valence electrons. The summed E-state index contributed by atoms with van der Waals surface area (Å²) in [6, 6.07) is 4.04. The number of sulfone groups is 1. The molecule has 1 atom stereocenters. The molecule has 1 aliphatic rings. The van der Waals surface area contributed by atoms with Crippen molar-refractivity contribution in [2.75, 3.05) is 23.5 Å². The van der Waals surface area contributed by atoms with E-state index in [1.54, 1.807) is 0 Å². The van der Waals surface area contributed by atoms with Gasteiger partial charge in [0.25, 0.3) is 5.91 Å². The molecule has 1 aliphatic heterocycles. The Labute approximate surface area is 116 Å². The van der Waals surface area contributed by atoms with Crippen LogP contribution in [0.1, 0.15) is 16.8 Å². The smallest absolute Gasteiger partial charge is 0.253 e. The molecule has 8 heteroatoms. The Morgan fingerprint density at radius 2 is 2.20 bits per heavy atom. The van der Waals surface area contributed by atoms with E-state index in [1.165, 1.54) is 18.2 Å². The molecule has 1 unspecified atom stereocenters. The summed E-state index contributed by atoms with van der Waals surface area (Å²) in [7, 11) is -2.97. The minimum atomic E-state index is -2.97. The first-order valence-electron chi connectivity index (χ1n) is 6.16. The fourth-order valence-electron chi connectivity index (χ4n) is 2.23. The lowest BCUT2D eigenvalue weighted by atomic mass is 10.1. The number of halogens is 1. The maximum Gasteiger partial charge on any atom is 0.253 e. The fourth-order valence-corrected chi connectivity index (χ4v) is 4.09. The molecule has 4 N–H and O–H groups in total. The van der Waals surface area contributed by atoms with E-state index in [0.717, 1.165) is 0 Å². The number of nitrogen functional groups attached to an aromatic ring is 1. The summed E-state index contributed by atoms with van der Waals surface area (Å²) in [5.41, 5.74) is 2.17. The van der Waals surface area contributed by atoms with Crippen molar-refractivity contribution in [2.24, 2.45) is 11.8 Å². The molecule has 1 aromatic carbocycles. The van der Waals surface area contributed by atoms with E-state index in [0.29, 0.717) is 6.42 Å². The zero-order valence-corrected chi connectivity index (χ0v) is 11.5. The largest absolute Gasteiger partial charge is 0.352 e. The Bertz CT molecular complexity index is 618. The highest BCUT2D eigenvalue weighted by atomic mass is 32.2. The number of para-hydroxylation sites is 1. The average molecular weight is 301 g/mol. The third kappa shape index (κ3) is 3.26. The molecule has 6 nitrogen and oxygen atoms in total. The van der Waals surface area contributed by atoms with Gasteiger partial charge in [0.2, 0.25) is 0 Å². The molecule has 0 aliphatic carbocycles. The zero-order chi connectivity index (χ0) is 14.8. The monoisotopic (exact) mass is 301 g/mol. The van der Waals surface area contributed by atoms with Crippen molar-refractivity contribution in [2.45, 2.75) is 6.42 Å². The highest BCUT2D eigenvalue weighted by Gasteiger charge is 2.28. The SMILES string of the molecule is NNc1c(F)cccc1C(=O)NCC1CCS(=O)(=O)C1. The average Bonchev–Trinajstić information content (AvgIpc) is 2.75. The Hall–Kier alpha value is -1.67. The number of carbonyl (C=O) groups excluding carboxylic acids is 1. The van der Waals surface area contributed by atoms with Gasteiger partial charge >= 0.3 is 0 Å². The molecule has 0 aromatic heterocycles. The van der Waals surface area contributed by atoms with Gasteiger partial charge in [0.1, 0.15) is 5.82 Å². The molecule has 1 aromatic rings. The molecular weight excluding hydrogens is 285 g/mol. The fraction of sp³-hybridized carbons (Fsp3) is 0.417. The van der Waals surface area contributed by atoms with E-state index < -0.39 is 21.6 Å². The predicted octanol–water partition coefficient (Wildman–Crippen LogP) is 0.276. The Morgan fingerprint density at radius 1 is 1.45 bits per heavy atom. The highest BCUT2D eigenvalue weighted by molar-refractivity contribution is 7.91. The summed E-state index contributed by atoms with van der Waals surface area (Å²) in [4.78, 5) is 12.0. The van der Waals surface area contributed by atoms with Gasteiger partial charge in [-0.15, -0.1) is 0 Å². The number of nitrogens with two attached hydrogens (primary N) is 1. The van der Waals surface area contributed by atoms with Crippen molar-refractivity contribution in [3.8, 4) is 0 Å². The van der Waals surface area contributed by atoms with Gasteiger partial charge in [0.05, 0.1) is 22.8 Å². The standard InChI is InChI=1S/C12H16FN3O3S/c13-10-3-1-2-9(11(10)16-14)12(17)15-6-8-4-5-20(18,19)7-8/h1-3,8,16H,4-7,14H2,(H,15,17). The number of anilines is 1. The van der Waals surface area contributed by atoms with Gasteiger partial charge in [-0.3, -0.25) is 10.6 Å². The zero-order valence-electron chi connectivity index (χ0n) is 10.7. The van der Waals surface area contributed by atoms with Gasteiger partial charge in [-0.05, 0) is 24.5 Å². The van der Waals surface area contributed by atoms with Gasteiger partial charge in [-0.2, -0.15) is 0 Å². The van der Waals surface area contributed by atoms with Crippen LogP contribution in [0.15, 0.2) is 18.2 Å². The first kappa shape index (κ1) is 14.7. The Balaban J connectivity index is 2.01. The van der Waals surface area contributed by atoms with Gasteiger partial charge in [-0.25, -0.2) is 12.8 Å². The number of hydrazine groups is 1. The van der Waals surface area contributed by atoms with E-state index >= 15 is 0 Å². The summed E-state index contributed by atoms with van der Waals surface area (Å²) >= 11 is 0. The van der Waals surface area contributed by atoms with Crippen molar-refractivity contribution in [1.29, 1.82) is 0 Å². The van der Waals surface area contributed by atoms with Crippen LogP contribution in [0.4, 0.5) is 10.1 Å². The Morgan fingerprint density at radius 3 is 2.80 bits per heavy atom. The number of hydrogen-bond donors (Lipinski definition) is 3. The van der Waals surface area contributed by atoms with E-state index in [-0.39, 0.29) is 35.2 Å². The predicted molar refractivity (Wildman–Crippen MR) is 73.3 cm³/mol. The van der Waals surface area contributed by atoms with Crippen LogP contribution >= 0.6 is 0 Å². The number of hydrogen-bond acceptors (Lipinski definition) is 5. The minimum absolute atomic E-state index is 0.0796. The van der Waals surface area contributed by atoms with Crippen LogP contribution in [0.25, 0.3) is 0 Å². The van der Waals surface area contributed by atoms with Crippen LogP contribution in [0.2, 0.25) is 0 Å². The third-order valence-corrected chi connectivity index (χ3v) is 5.12. The summed E-state index contributed by atoms with van der Waals surface area (Å²) in [5, 5.41) is 2.62. The van der Waals surface area contributed by atoms with Crippen LogP contribution in [0.3, 0.4) is 0 Å². The summed E-state index contributed by atoms with van der Waals surface area (Å²) in [5.74, 6) is 4.23. The van der Waals surface area contributed by atoms with Crippen molar-refractivity contribution in [3.05, 3.63) is 29.6 Å². The lowest BCUT2D eigenvalue weighted by Crippen LogP contribution is -2.31. The number of benzene rings is 1. The molecule has 2 rings (SSSR count). The maximum absolute atomic E-state index is 13.5. The lowest BCUT2D eigenvalue weighted by Gasteiger charge is -2.12. The van der Waals surface area contributed by atoms with Crippen LogP contribution in [0, 0.1) is 11.7 Å². The second-order valence-corrected chi connectivity index (χ2v) is 7.01. The molecule has 1 heterocycles. The quantitative estimate of drug-likeness (QED) is 0.547. The normalized spacial score (nSPS) is 20.6. The van der Waals surface area contributed by atoms with E-state index in [1.807, 2.05) is 0 Å². The van der Waals surface area contributed by atoms with Crippen LogP contribution in [-0.4, -0.2) is 32.4 Å². The first-order chi connectivity index (χ1) is 9.43. The summed E-state index contributed by atoms with van der Waals surface area (Å²) < 4.78 is 36.1. The van der Waals surface area contributed by atoms with Crippen molar-refractivity contribution in [3.63, 3.8) is 0 Å². The summed E-state index contributed by atoms with van der Waals surface area (Å²) in [6.07, 6.45) is 0.535. The lowest BCUT2D eigenvalue weighted by molar-refractivity contribution is 0.0949. The maximum atomic E-state index is 13.5. The van der Waals surface area contributed by atoms with E-state index in [9.17, 15) is 17.6 Å². The van der Waals surface area contributed by atoms with Gasteiger partial charge < -0.3 is 10.7 Å². The molecule has 0 saturated carbocycles. The molecule has 1 amide bonds. The number of nitrogens with one attached hydrogen (secondary N) is 2. The molecule has 1 fully saturated rings. The van der Waals surface area contributed by atoms with Crippen LogP contribution in [-0.2, 0) is 9.84 Å². The van der Waals surface area contributed by atoms with Gasteiger partial charge in [0, 0.05) is 6.54 Å². The van der Waals surface area contributed by atoms with E-state index in [2.05, 4.69) is 10.7 Å². The summed E-state index contributed by atoms with van der Waals surface area (Å²) in [6.45, 7) is 0.249. The molecule has 0 bridgehead atoms. The third-order valence-electron chi connectivity index (χ3n) is 3.28. The second-order valence-electron chi connectivity index (χ2n) is 4.79. The van der Waals surface area contributed by atoms with Crippen LogP contribution < -0.4 is 16.6 Å². The van der Waals surface area contributed by atoms with Gasteiger partial charge in [-0.1, -0.05) is 6.07 Å². The topological polar surface area (TPSA) is 101 Å². The molecular formula is C12H16FN3O3S. The van der Waals surface area contributed by atoms with Crippen molar-refractivity contribution < 1.29 is 17.6 Å². The van der Waals surface area contributed by atoms with Crippen LogP contribution in [0.5, 0.6) is 0 Å². The number of rotatable bonds is 4.